The number of aryl methyl sites for hydroxylation is 1. The van der Waals surface area contributed by atoms with Crippen molar-refractivity contribution in [2.45, 2.75) is 6.92 Å². The second-order valence-electron chi connectivity index (χ2n) is 4.74. The van der Waals surface area contributed by atoms with Crippen LogP contribution in [0, 0.1) is 6.92 Å². The molecule has 0 bridgehead atoms. The van der Waals surface area contributed by atoms with Gasteiger partial charge in [0, 0.05) is 11.6 Å². The number of nitrogens with zero attached hydrogens (tertiary/aromatic N) is 1. The second-order valence-corrected chi connectivity index (χ2v) is 4.74. The molecule has 0 aliphatic rings. The average Bonchev–Trinajstić information content (AvgIpc) is 2.49. The Balaban J connectivity index is 2.09. The number of carboxylic acid groups (broad SMARTS) is 1. The van der Waals surface area contributed by atoms with E-state index in [0.717, 1.165) is 10.9 Å². The van der Waals surface area contributed by atoms with Crippen LogP contribution in [-0.2, 0) is 0 Å². The lowest BCUT2D eigenvalue weighted by Crippen LogP contribution is -2.01. The monoisotopic (exact) mass is 279 g/mol. The van der Waals surface area contributed by atoms with E-state index in [9.17, 15) is 9.90 Å². The molecule has 0 saturated carbocycles. The van der Waals surface area contributed by atoms with Crippen LogP contribution in [0.15, 0.2) is 54.7 Å². The zero-order chi connectivity index (χ0) is 14.8. The Morgan fingerprint density at radius 2 is 1.90 bits per heavy atom. The van der Waals surface area contributed by atoms with Crippen LogP contribution in [0.2, 0.25) is 0 Å². The maximum Gasteiger partial charge on any atom is 0.339 e. The summed E-state index contributed by atoms with van der Waals surface area (Å²) in [5.41, 5.74) is 1.72. The largest absolute Gasteiger partial charge is 0.478 e. The lowest BCUT2D eigenvalue weighted by atomic mass is 10.1. The van der Waals surface area contributed by atoms with Crippen molar-refractivity contribution >= 4 is 16.9 Å². The van der Waals surface area contributed by atoms with E-state index in [0.29, 0.717) is 17.0 Å². The molecule has 3 aromatic rings. The van der Waals surface area contributed by atoms with Crippen molar-refractivity contribution in [1.29, 1.82) is 0 Å². The number of pyridine rings is 1. The van der Waals surface area contributed by atoms with E-state index >= 15 is 0 Å². The molecular weight excluding hydrogens is 266 g/mol. The highest BCUT2D eigenvalue weighted by atomic mass is 16.5. The number of carboxylic acids is 1. The van der Waals surface area contributed by atoms with Crippen molar-refractivity contribution < 1.29 is 14.6 Å². The zero-order valence-corrected chi connectivity index (χ0v) is 11.4. The van der Waals surface area contributed by atoms with E-state index in [1.54, 1.807) is 24.4 Å². The Bertz CT molecular complexity index is 822. The van der Waals surface area contributed by atoms with Crippen LogP contribution in [0.3, 0.4) is 0 Å². The summed E-state index contributed by atoms with van der Waals surface area (Å²) in [6, 6.07) is 14.4. The van der Waals surface area contributed by atoms with Crippen LogP contribution in [0.4, 0.5) is 0 Å². The number of para-hydroxylation sites is 1. The van der Waals surface area contributed by atoms with Crippen LogP contribution in [-0.4, -0.2) is 16.1 Å². The van der Waals surface area contributed by atoms with E-state index in [2.05, 4.69) is 4.98 Å². The fourth-order valence-electron chi connectivity index (χ4n) is 2.18. The summed E-state index contributed by atoms with van der Waals surface area (Å²) in [6.07, 6.45) is 1.68. The van der Waals surface area contributed by atoms with Crippen molar-refractivity contribution in [3.63, 3.8) is 0 Å². The van der Waals surface area contributed by atoms with Crippen LogP contribution in [0.1, 0.15) is 15.9 Å². The summed E-state index contributed by atoms with van der Waals surface area (Å²) in [7, 11) is 0. The molecule has 1 heterocycles. The fourth-order valence-corrected chi connectivity index (χ4v) is 2.18. The van der Waals surface area contributed by atoms with Gasteiger partial charge >= 0.3 is 5.97 Å². The molecule has 0 radical (unpaired) electrons. The highest BCUT2D eigenvalue weighted by Gasteiger charge is 2.13. The Labute approximate surface area is 121 Å². The first-order valence-electron chi connectivity index (χ1n) is 6.51. The molecule has 2 aromatic carbocycles. The smallest absolute Gasteiger partial charge is 0.339 e. The normalized spacial score (nSPS) is 10.5. The average molecular weight is 279 g/mol. The third-order valence-electron chi connectivity index (χ3n) is 3.18. The van der Waals surface area contributed by atoms with E-state index in [4.69, 9.17) is 4.74 Å². The molecule has 0 saturated heterocycles. The molecule has 0 atom stereocenters. The number of aromatic nitrogens is 1. The van der Waals surface area contributed by atoms with Gasteiger partial charge in [-0.3, -0.25) is 4.98 Å². The molecule has 21 heavy (non-hydrogen) atoms. The minimum Gasteiger partial charge on any atom is -0.478 e. The molecule has 0 fully saturated rings. The first kappa shape index (κ1) is 13.1. The standard InChI is InChI=1S/C17H13NO3/c1-11-7-8-14(13(10-11)17(19)20)21-15-6-2-4-12-5-3-9-18-16(12)15/h2-10H,1H3,(H,19,20). The maximum atomic E-state index is 11.3. The lowest BCUT2D eigenvalue weighted by Gasteiger charge is -2.11. The summed E-state index contributed by atoms with van der Waals surface area (Å²) >= 11 is 0. The molecule has 1 aromatic heterocycles. The van der Waals surface area contributed by atoms with Crippen LogP contribution in [0.25, 0.3) is 10.9 Å². The fraction of sp³-hybridized carbons (Fsp3) is 0.0588. The van der Waals surface area contributed by atoms with Crippen molar-refractivity contribution in [3.8, 4) is 11.5 Å². The van der Waals surface area contributed by atoms with Gasteiger partial charge in [0.1, 0.15) is 16.8 Å². The van der Waals surface area contributed by atoms with Gasteiger partial charge in [0.15, 0.2) is 5.75 Å². The highest BCUT2D eigenvalue weighted by Crippen LogP contribution is 2.30. The van der Waals surface area contributed by atoms with Gasteiger partial charge in [-0.05, 0) is 31.2 Å². The van der Waals surface area contributed by atoms with Gasteiger partial charge in [-0.25, -0.2) is 4.79 Å². The topological polar surface area (TPSA) is 59.4 Å². The van der Waals surface area contributed by atoms with E-state index in [1.807, 2.05) is 37.3 Å². The number of rotatable bonds is 3. The second kappa shape index (κ2) is 5.25. The molecule has 0 aliphatic carbocycles. The summed E-state index contributed by atoms with van der Waals surface area (Å²) < 4.78 is 5.80. The third-order valence-corrected chi connectivity index (χ3v) is 3.18. The van der Waals surface area contributed by atoms with Gasteiger partial charge < -0.3 is 9.84 Å². The molecule has 0 unspecified atom stereocenters. The van der Waals surface area contributed by atoms with Crippen molar-refractivity contribution in [1.82, 2.24) is 4.98 Å². The van der Waals surface area contributed by atoms with Crippen molar-refractivity contribution in [2.24, 2.45) is 0 Å². The predicted molar refractivity (Wildman–Crippen MR) is 80.0 cm³/mol. The van der Waals surface area contributed by atoms with E-state index < -0.39 is 5.97 Å². The quantitative estimate of drug-likeness (QED) is 0.786. The first-order chi connectivity index (χ1) is 10.1. The van der Waals surface area contributed by atoms with E-state index in [-0.39, 0.29) is 5.56 Å². The van der Waals surface area contributed by atoms with Gasteiger partial charge in [-0.2, -0.15) is 0 Å². The molecule has 3 rings (SSSR count). The summed E-state index contributed by atoms with van der Waals surface area (Å²) in [6.45, 7) is 1.84. The number of benzene rings is 2. The molecule has 0 spiro atoms. The van der Waals surface area contributed by atoms with Gasteiger partial charge in [0.2, 0.25) is 0 Å². The maximum absolute atomic E-state index is 11.3. The Morgan fingerprint density at radius 3 is 2.71 bits per heavy atom. The van der Waals surface area contributed by atoms with Crippen molar-refractivity contribution in [2.75, 3.05) is 0 Å². The number of carbonyl (C=O) groups is 1. The molecular formula is C17H13NO3. The molecule has 1 N–H and O–H groups in total. The lowest BCUT2D eigenvalue weighted by molar-refractivity contribution is 0.0694. The summed E-state index contributed by atoms with van der Waals surface area (Å²) in [5, 5.41) is 10.2. The van der Waals surface area contributed by atoms with Crippen LogP contribution < -0.4 is 4.74 Å². The van der Waals surface area contributed by atoms with Crippen molar-refractivity contribution in [3.05, 3.63) is 65.9 Å². The number of ether oxygens (including phenoxy) is 1. The number of hydrogen-bond donors (Lipinski definition) is 1. The summed E-state index contributed by atoms with van der Waals surface area (Å²) in [4.78, 5) is 15.6. The molecule has 0 amide bonds. The Hall–Kier alpha value is -2.88. The van der Waals surface area contributed by atoms with Gasteiger partial charge in [0.25, 0.3) is 0 Å². The number of aromatic carboxylic acids is 1. The van der Waals surface area contributed by atoms with Crippen LogP contribution >= 0.6 is 0 Å². The van der Waals surface area contributed by atoms with Gasteiger partial charge in [-0.1, -0.05) is 29.8 Å². The molecule has 4 nitrogen and oxygen atoms in total. The molecule has 104 valence electrons. The minimum atomic E-state index is -1.01. The predicted octanol–water partition coefficient (Wildman–Crippen LogP) is 4.03. The molecule has 0 aliphatic heterocycles. The third kappa shape index (κ3) is 2.56. The van der Waals surface area contributed by atoms with Gasteiger partial charge in [-0.15, -0.1) is 0 Å². The van der Waals surface area contributed by atoms with E-state index in [1.165, 1.54) is 0 Å². The highest BCUT2D eigenvalue weighted by molar-refractivity contribution is 5.91. The molecule has 4 heteroatoms. The minimum absolute atomic E-state index is 0.142. The number of fused-ring (bicyclic) bond motifs is 1. The number of hydrogen-bond acceptors (Lipinski definition) is 3. The Morgan fingerprint density at radius 1 is 1.10 bits per heavy atom. The SMILES string of the molecule is Cc1ccc(Oc2cccc3cccnc23)c(C(=O)O)c1. The van der Waals surface area contributed by atoms with Gasteiger partial charge in [0.05, 0.1) is 0 Å². The first-order valence-corrected chi connectivity index (χ1v) is 6.51. The Kier molecular flexibility index (Phi) is 3.28. The van der Waals surface area contributed by atoms with Crippen LogP contribution in [0.5, 0.6) is 11.5 Å². The zero-order valence-electron chi connectivity index (χ0n) is 11.4. The summed E-state index contributed by atoms with van der Waals surface area (Å²) in [5.74, 6) is -0.160.